The molecule has 1 fully saturated rings. The summed E-state index contributed by atoms with van der Waals surface area (Å²) in [5.41, 5.74) is 6.46. The average Bonchev–Trinajstić information content (AvgIpc) is 2.97. The molecule has 0 aromatic carbocycles. The van der Waals surface area contributed by atoms with Crippen molar-refractivity contribution < 1.29 is 4.79 Å². The number of hydrogen-bond acceptors (Lipinski definition) is 4. The molecule has 1 saturated heterocycles. The summed E-state index contributed by atoms with van der Waals surface area (Å²) in [5.74, 6) is -0.00848. The molecule has 1 aliphatic heterocycles. The number of anilines is 1. The third-order valence-corrected chi connectivity index (χ3v) is 4.57. The number of nitrogen functional groups attached to an aromatic ring is 1. The molecule has 0 bridgehead atoms. The maximum Gasteiger partial charge on any atom is 0.261 e. The number of aryl methyl sites for hydroxylation is 1. The lowest BCUT2D eigenvalue weighted by Crippen LogP contribution is -2.40. The van der Waals surface area contributed by atoms with Crippen LogP contribution in [0.15, 0.2) is 6.07 Å². The zero-order valence-electron chi connectivity index (χ0n) is 11.0. The molecule has 1 aromatic heterocycles. The number of likely N-dealkylation sites (tertiary alicyclic amines) is 1. The summed E-state index contributed by atoms with van der Waals surface area (Å²) in [6.45, 7) is 7.11. The number of nitrogens with one attached hydrogen (secondary N) is 1. The van der Waals surface area contributed by atoms with Gasteiger partial charge in [-0.3, -0.25) is 9.69 Å². The second-order valence-electron chi connectivity index (χ2n) is 4.92. The molecule has 1 aliphatic rings. The lowest BCUT2D eigenvalue weighted by Gasteiger charge is -2.23. The summed E-state index contributed by atoms with van der Waals surface area (Å²) >= 11 is 1.46. The molecule has 0 radical (unpaired) electrons. The van der Waals surface area contributed by atoms with Crippen LogP contribution in [0.4, 0.5) is 5.69 Å². The third-order valence-electron chi connectivity index (χ3n) is 3.50. The first-order valence-electron chi connectivity index (χ1n) is 6.46. The van der Waals surface area contributed by atoms with Crippen molar-refractivity contribution in [2.24, 2.45) is 0 Å². The van der Waals surface area contributed by atoms with E-state index in [4.69, 9.17) is 5.73 Å². The monoisotopic (exact) mass is 267 g/mol. The topological polar surface area (TPSA) is 58.4 Å². The van der Waals surface area contributed by atoms with Gasteiger partial charge < -0.3 is 11.1 Å². The van der Waals surface area contributed by atoms with Gasteiger partial charge in [-0.15, -0.1) is 11.3 Å². The van der Waals surface area contributed by atoms with Gasteiger partial charge in [0.25, 0.3) is 5.91 Å². The van der Waals surface area contributed by atoms with Gasteiger partial charge in [0.2, 0.25) is 0 Å². The zero-order chi connectivity index (χ0) is 13.1. The molecule has 2 heterocycles. The zero-order valence-corrected chi connectivity index (χ0v) is 11.8. The van der Waals surface area contributed by atoms with Crippen molar-refractivity contribution in [1.29, 1.82) is 0 Å². The van der Waals surface area contributed by atoms with Gasteiger partial charge in [-0.05, 0) is 45.8 Å². The molecular formula is C13H21N3OS. The molecule has 1 unspecified atom stereocenters. The largest absolute Gasteiger partial charge is 0.398 e. The molecule has 4 nitrogen and oxygen atoms in total. The highest BCUT2D eigenvalue weighted by molar-refractivity contribution is 7.14. The first-order valence-corrected chi connectivity index (χ1v) is 7.27. The predicted octanol–water partition coefficient (Wildman–Crippen LogP) is 1.85. The van der Waals surface area contributed by atoms with E-state index in [0.717, 1.165) is 18.0 Å². The Balaban J connectivity index is 1.84. The summed E-state index contributed by atoms with van der Waals surface area (Å²) < 4.78 is 0. The summed E-state index contributed by atoms with van der Waals surface area (Å²) in [4.78, 5) is 16.1. The quantitative estimate of drug-likeness (QED) is 0.875. The Morgan fingerprint density at radius 3 is 2.78 bits per heavy atom. The Bertz CT molecular complexity index is 404. The minimum atomic E-state index is -0.00848. The second-order valence-corrected chi connectivity index (χ2v) is 6.18. The van der Waals surface area contributed by atoms with Gasteiger partial charge in [0.15, 0.2) is 0 Å². The van der Waals surface area contributed by atoms with E-state index in [0.29, 0.717) is 23.2 Å². The SMILES string of the molecule is Cc1sc(C(=O)NCC(C)N2CCCC2)cc1N. The van der Waals surface area contributed by atoms with Crippen molar-refractivity contribution >= 4 is 22.9 Å². The van der Waals surface area contributed by atoms with Gasteiger partial charge in [-0.25, -0.2) is 0 Å². The van der Waals surface area contributed by atoms with Crippen LogP contribution in [0.25, 0.3) is 0 Å². The summed E-state index contributed by atoms with van der Waals surface area (Å²) in [6, 6.07) is 2.17. The van der Waals surface area contributed by atoms with Crippen LogP contribution in [0.5, 0.6) is 0 Å². The van der Waals surface area contributed by atoms with Gasteiger partial charge in [0.1, 0.15) is 0 Å². The van der Waals surface area contributed by atoms with Gasteiger partial charge in [0, 0.05) is 23.2 Å². The van der Waals surface area contributed by atoms with Crippen LogP contribution in [0.1, 0.15) is 34.3 Å². The summed E-state index contributed by atoms with van der Waals surface area (Å²) in [5, 5.41) is 2.99. The van der Waals surface area contributed by atoms with Crippen molar-refractivity contribution in [2.45, 2.75) is 32.7 Å². The smallest absolute Gasteiger partial charge is 0.261 e. The maximum atomic E-state index is 12.0. The van der Waals surface area contributed by atoms with E-state index < -0.39 is 0 Å². The molecule has 0 spiro atoms. The Kier molecular flexibility index (Phi) is 4.24. The van der Waals surface area contributed by atoms with E-state index >= 15 is 0 Å². The number of nitrogens with two attached hydrogens (primary N) is 1. The number of rotatable bonds is 4. The minimum absolute atomic E-state index is 0.00848. The molecule has 100 valence electrons. The van der Waals surface area contributed by atoms with E-state index in [2.05, 4.69) is 17.1 Å². The Morgan fingerprint density at radius 2 is 2.22 bits per heavy atom. The van der Waals surface area contributed by atoms with Crippen LogP contribution in [0.3, 0.4) is 0 Å². The molecule has 1 aromatic rings. The van der Waals surface area contributed by atoms with Crippen LogP contribution in [-0.2, 0) is 0 Å². The normalized spacial score (nSPS) is 17.9. The molecule has 18 heavy (non-hydrogen) atoms. The number of hydrogen-bond donors (Lipinski definition) is 2. The van der Waals surface area contributed by atoms with Crippen molar-refractivity contribution in [3.05, 3.63) is 15.8 Å². The lowest BCUT2D eigenvalue weighted by atomic mass is 10.3. The fourth-order valence-electron chi connectivity index (χ4n) is 2.25. The van der Waals surface area contributed by atoms with E-state index in [1.807, 2.05) is 6.92 Å². The van der Waals surface area contributed by atoms with Gasteiger partial charge in [0.05, 0.1) is 4.88 Å². The number of amides is 1. The third kappa shape index (κ3) is 3.03. The van der Waals surface area contributed by atoms with Crippen LogP contribution >= 0.6 is 11.3 Å². The fourth-order valence-corrected chi connectivity index (χ4v) is 3.10. The Labute approximate surface area is 112 Å². The van der Waals surface area contributed by atoms with Gasteiger partial charge >= 0.3 is 0 Å². The van der Waals surface area contributed by atoms with E-state index in [1.54, 1.807) is 6.07 Å². The highest BCUT2D eigenvalue weighted by atomic mass is 32.1. The van der Waals surface area contributed by atoms with Gasteiger partial charge in [-0.1, -0.05) is 0 Å². The first kappa shape index (κ1) is 13.4. The molecular weight excluding hydrogens is 246 g/mol. The van der Waals surface area contributed by atoms with Crippen molar-refractivity contribution in [3.63, 3.8) is 0 Å². The van der Waals surface area contributed by atoms with Crippen LogP contribution in [0, 0.1) is 6.92 Å². The van der Waals surface area contributed by atoms with Crippen LogP contribution < -0.4 is 11.1 Å². The van der Waals surface area contributed by atoms with E-state index in [1.165, 1.54) is 24.2 Å². The number of thiophene rings is 1. The molecule has 1 atom stereocenters. The number of carbonyl (C=O) groups excluding carboxylic acids is 1. The number of carbonyl (C=O) groups is 1. The molecule has 1 amide bonds. The standard InChI is InChI=1S/C13H21N3OS/c1-9(16-5-3-4-6-16)8-15-13(17)12-7-11(14)10(2)18-12/h7,9H,3-6,8,14H2,1-2H3,(H,15,17). The maximum absolute atomic E-state index is 12.0. The van der Waals surface area contributed by atoms with Gasteiger partial charge in [-0.2, -0.15) is 0 Å². The Hall–Kier alpha value is -1.07. The van der Waals surface area contributed by atoms with Crippen LogP contribution in [0.2, 0.25) is 0 Å². The fraction of sp³-hybridized carbons (Fsp3) is 0.615. The van der Waals surface area contributed by atoms with Crippen molar-refractivity contribution in [1.82, 2.24) is 10.2 Å². The average molecular weight is 267 g/mol. The summed E-state index contributed by atoms with van der Waals surface area (Å²) in [7, 11) is 0. The molecule has 5 heteroatoms. The van der Waals surface area contributed by atoms with Crippen molar-refractivity contribution in [2.75, 3.05) is 25.4 Å². The highest BCUT2D eigenvalue weighted by Crippen LogP contribution is 2.23. The highest BCUT2D eigenvalue weighted by Gasteiger charge is 2.19. The molecule has 0 saturated carbocycles. The lowest BCUT2D eigenvalue weighted by molar-refractivity contribution is 0.0944. The van der Waals surface area contributed by atoms with Crippen LogP contribution in [-0.4, -0.2) is 36.5 Å². The molecule has 0 aliphatic carbocycles. The molecule has 3 N–H and O–H groups in total. The van der Waals surface area contributed by atoms with Crippen molar-refractivity contribution in [3.8, 4) is 0 Å². The number of nitrogens with zero attached hydrogens (tertiary/aromatic N) is 1. The predicted molar refractivity (Wildman–Crippen MR) is 76.1 cm³/mol. The first-order chi connectivity index (χ1) is 8.58. The summed E-state index contributed by atoms with van der Waals surface area (Å²) in [6.07, 6.45) is 2.55. The van der Waals surface area contributed by atoms with E-state index in [9.17, 15) is 4.79 Å². The Morgan fingerprint density at radius 1 is 1.56 bits per heavy atom. The van der Waals surface area contributed by atoms with E-state index in [-0.39, 0.29) is 5.91 Å². The molecule has 2 rings (SSSR count). The second kappa shape index (κ2) is 5.71. The minimum Gasteiger partial charge on any atom is -0.398 e.